The van der Waals surface area contributed by atoms with Crippen molar-refractivity contribution in [2.75, 3.05) is 14.2 Å². The van der Waals surface area contributed by atoms with Gasteiger partial charge in [-0.2, -0.15) is 0 Å². The Balaban J connectivity index is 2.47. The van der Waals surface area contributed by atoms with E-state index in [9.17, 15) is 0 Å². The van der Waals surface area contributed by atoms with Crippen molar-refractivity contribution in [2.24, 2.45) is 0 Å². The van der Waals surface area contributed by atoms with E-state index in [4.69, 9.17) is 21.1 Å². The summed E-state index contributed by atoms with van der Waals surface area (Å²) in [6, 6.07) is 10.1. The summed E-state index contributed by atoms with van der Waals surface area (Å²) in [7, 11) is 3.24. The van der Waals surface area contributed by atoms with Crippen LogP contribution in [0.2, 0.25) is 0 Å². The van der Waals surface area contributed by atoms with Gasteiger partial charge in [0.1, 0.15) is 0 Å². The van der Waals surface area contributed by atoms with Crippen LogP contribution in [-0.4, -0.2) is 14.2 Å². The molecule has 0 N–H and O–H groups in total. The molecule has 0 aliphatic carbocycles. The van der Waals surface area contributed by atoms with E-state index in [1.54, 1.807) is 14.2 Å². The maximum absolute atomic E-state index is 6.66. The van der Waals surface area contributed by atoms with Gasteiger partial charge >= 0.3 is 0 Å². The molecule has 2 rings (SSSR count). The van der Waals surface area contributed by atoms with E-state index >= 15 is 0 Å². The molecule has 21 heavy (non-hydrogen) atoms. The minimum atomic E-state index is -0.251. The predicted octanol–water partition coefficient (Wildman–Crippen LogP) is 5.41. The van der Waals surface area contributed by atoms with E-state index in [-0.39, 0.29) is 5.38 Å². The lowest BCUT2D eigenvalue weighted by atomic mass is 10.00. The number of benzene rings is 2. The summed E-state index contributed by atoms with van der Waals surface area (Å²) in [5.74, 6) is 1.35. The molecule has 0 saturated heterocycles. The molecule has 2 aromatic carbocycles. The van der Waals surface area contributed by atoms with Crippen LogP contribution in [0.25, 0.3) is 0 Å². The van der Waals surface area contributed by atoms with Gasteiger partial charge in [-0.05, 0) is 48.2 Å². The van der Waals surface area contributed by atoms with Crippen molar-refractivity contribution < 1.29 is 9.47 Å². The topological polar surface area (TPSA) is 18.5 Å². The minimum Gasteiger partial charge on any atom is -0.493 e. The highest BCUT2D eigenvalue weighted by molar-refractivity contribution is 9.10. The largest absolute Gasteiger partial charge is 0.493 e. The third-order valence-corrected chi connectivity index (χ3v) is 4.77. The Morgan fingerprint density at radius 2 is 1.57 bits per heavy atom. The average molecular weight is 370 g/mol. The van der Waals surface area contributed by atoms with Gasteiger partial charge < -0.3 is 9.47 Å². The molecule has 1 unspecified atom stereocenters. The maximum atomic E-state index is 6.66. The molecule has 0 aliphatic rings. The SMILES string of the molecule is COc1cc(Br)c(C(Cl)c2ccc(C)c(C)c2)cc1OC. The Kier molecular flexibility index (Phi) is 5.17. The second-order valence-electron chi connectivity index (χ2n) is 4.93. The van der Waals surface area contributed by atoms with Gasteiger partial charge in [-0.15, -0.1) is 11.6 Å². The van der Waals surface area contributed by atoms with Gasteiger partial charge in [0.15, 0.2) is 11.5 Å². The summed E-state index contributed by atoms with van der Waals surface area (Å²) in [6.45, 7) is 4.18. The maximum Gasteiger partial charge on any atom is 0.161 e. The van der Waals surface area contributed by atoms with E-state index < -0.39 is 0 Å². The first-order valence-corrected chi connectivity index (χ1v) is 7.83. The molecule has 0 saturated carbocycles. The van der Waals surface area contributed by atoms with Gasteiger partial charge in [0.05, 0.1) is 19.6 Å². The third-order valence-electron chi connectivity index (χ3n) is 3.60. The number of rotatable bonds is 4. The fourth-order valence-electron chi connectivity index (χ4n) is 2.17. The number of methoxy groups -OCH3 is 2. The summed E-state index contributed by atoms with van der Waals surface area (Å²) < 4.78 is 11.6. The van der Waals surface area contributed by atoms with Crippen LogP contribution in [-0.2, 0) is 0 Å². The highest BCUT2D eigenvalue weighted by atomic mass is 79.9. The van der Waals surface area contributed by atoms with E-state index in [0.29, 0.717) is 11.5 Å². The fraction of sp³-hybridized carbons (Fsp3) is 0.294. The Labute approximate surface area is 139 Å². The average Bonchev–Trinajstić information content (AvgIpc) is 2.49. The van der Waals surface area contributed by atoms with Crippen LogP contribution >= 0.6 is 27.5 Å². The van der Waals surface area contributed by atoms with Gasteiger partial charge in [0.2, 0.25) is 0 Å². The van der Waals surface area contributed by atoms with Gasteiger partial charge in [0, 0.05) is 4.47 Å². The third kappa shape index (κ3) is 3.35. The lowest BCUT2D eigenvalue weighted by Gasteiger charge is -2.17. The molecule has 112 valence electrons. The normalized spacial score (nSPS) is 12.1. The minimum absolute atomic E-state index is 0.251. The van der Waals surface area contributed by atoms with Crippen LogP contribution in [0.15, 0.2) is 34.8 Å². The van der Waals surface area contributed by atoms with Crippen molar-refractivity contribution in [1.82, 2.24) is 0 Å². The molecule has 0 bridgehead atoms. The number of aryl methyl sites for hydroxylation is 2. The first-order chi connectivity index (χ1) is 9.97. The highest BCUT2D eigenvalue weighted by Crippen LogP contribution is 2.40. The summed E-state index contributed by atoms with van der Waals surface area (Å²) in [5, 5.41) is -0.251. The van der Waals surface area contributed by atoms with E-state index in [1.165, 1.54) is 11.1 Å². The molecule has 1 atom stereocenters. The Bertz CT molecular complexity index is 655. The summed E-state index contributed by atoms with van der Waals surface area (Å²) in [6.07, 6.45) is 0. The molecule has 4 heteroatoms. The first kappa shape index (κ1) is 16.2. The van der Waals surface area contributed by atoms with Crippen molar-refractivity contribution in [3.05, 3.63) is 57.1 Å². The van der Waals surface area contributed by atoms with E-state index in [0.717, 1.165) is 15.6 Å². The highest BCUT2D eigenvalue weighted by Gasteiger charge is 2.18. The molecule has 0 radical (unpaired) electrons. The summed E-state index contributed by atoms with van der Waals surface area (Å²) >= 11 is 10.2. The molecule has 0 spiro atoms. The van der Waals surface area contributed by atoms with Crippen molar-refractivity contribution in [3.63, 3.8) is 0 Å². The van der Waals surface area contributed by atoms with Crippen LogP contribution < -0.4 is 9.47 Å². The molecular formula is C17H18BrClO2. The van der Waals surface area contributed by atoms with Gasteiger partial charge in [0.25, 0.3) is 0 Å². The second-order valence-corrected chi connectivity index (χ2v) is 6.23. The fourth-order valence-corrected chi connectivity index (χ4v) is 3.17. The Morgan fingerprint density at radius 3 is 2.14 bits per heavy atom. The molecule has 2 aromatic rings. The molecule has 0 fully saturated rings. The van der Waals surface area contributed by atoms with Crippen LogP contribution in [0.3, 0.4) is 0 Å². The summed E-state index contributed by atoms with van der Waals surface area (Å²) in [4.78, 5) is 0. The number of alkyl halides is 1. The smallest absolute Gasteiger partial charge is 0.161 e. The molecule has 0 aromatic heterocycles. The van der Waals surface area contributed by atoms with Crippen LogP contribution in [0.4, 0.5) is 0 Å². The number of ether oxygens (including phenoxy) is 2. The monoisotopic (exact) mass is 368 g/mol. The van der Waals surface area contributed by atoms with Gasteiger partial charge in [-0.1, -0.05) is 34.1 Å². The van der Waals surface area contributed by atoms with Gasteiger partial charge in [-0.25, -0.2) is 0 Å². The molecule has 0 aliphatic heterocycles. The van der Waals surface area contributed by atoms with E-state index in [1.807, 2.05) is 12.1 Å². The van der Waals surface area contributed by atoms with Crippen LogP contribution in [0.5, 0.6) is 11.5 Å². The molecule has 2 nitrogen and oxygen atoms in total. The predicted molar refractivity (Wildman–Crippen MR) is 90.9 cm³/mol. The van der Waals surface area contributed by atoms with Crippen molar-refractivity contribution in [3.8, 4) is 11.5 Å². The Hall–Kier alpha value is -1.19. The van der Waals surface area contributed by atoms with Crippen molar-refractivity contribution in [2.45, 2.75) is 19.2 Å². The first-order valence-electron chi connectivity index (χ1n) is 6.60. The van der Waals surface area contributed by atoms with Gasteiger partial charge in [-0.3, -0.25) is 0 Å². The summed E-state index contributed by atoms with van der Waals surface area (Å²) in [5.41, 5.74) is 4.51. The zero-order valence-electron chi connectivity index (χ0n) is 12.5. The molecule has 0 heterocycles. The van der Waals surface area contributed by atoms with Crippen molar-refractivity contribution in [1.29, 1.82) is 0 Å². The number of hydrogen-bond acceptors (Lipinski definition) is 2. The quantitative estimate of drug-likeness (QED) is 0.671. The lowest BCUT2D eigenvalue weighted by Crippen LogP contribution is -1.99. The van der Waals surface area contributed by atoms with E-state index in [2.05, 4.69) is 48.0 Å². The zero-order chi connectivity index (χ0) is 15.6. The number of halogens is 2. The van der Waals surface area contributed by atoms with Crippen LogP contribution in [0, 0.1) is 13.8 Å². The second kappa shape index (κ2) is 6.71. The lowest BCUT2D eigenvalue weighted by molar-refractivity contribution is 0.354. The van der Waals surface area contributed by atoms with Crippen LogP contribution in [0.1, 0.15) is 27.6 Å². The number of hydrogen-bond donors (Lipinski definition) is 0. The standard InChI is InChI=1S/C17H18BrClO2/c1-10-5-6-12(7-11(10)2)17(19)13-8-15(20-3)16(21-4)9-14(13)18/h5-9,17H,1-4H3. The Morgan fingerprint density at radius 1 is 0.952 bits per heavy atom. The zero-order valence-corrected chi connectivity index (χ0v) is 14.9. The molecular weight excluding hydrogens is 352 g/mol. The van der Waals surface area contributed by atoms with Crippen molar-refractivity contribution >= 4 is 27.5 Å². The molecule has 0 amide bonds.